The summed E-state index contributed by atoms with van der Waals surface area (Å²) in [5, 5.41) is 0. The zero-order chi connectivity index (χ0) is 17.2. The van der Waals surface area contributed by atoms with Gasteiger partial charge in [-0.25, -0.2) is 0 Å². The lowest BCUT2D eigenvalue weighted by molar-refractivity contribution is -0.0700. The molecule has 1 aliphatic heterocycles. The van der Waals surface area contributed by atoms with E-state index in [-0.39, 0.29) is 29.3 Å². The van der Waals surface area contributed by atoms with Crippen LogP contribution >= 0.6 is 0 Å². The molecule has 1 aliphatic rings. The van der Waals surface area contributed by atoms with Crippen molar-refractivity contribution in [2.75, 3.05) is 19.6 Å². The third-order valence-electron chi connectivity index (χ3n) is 4.51. The molecule has 1 saturated heterocycles. The van der Waals surface area contributed by atoms with Gasteiger partial charge in [0.15, 0.2) is 5.78 Å². The highest BCUT2D eigenvalue weighted by molar-refractivity contribution is 5.97. The first-order valence-corrected chi connectivity index (χ1v) is 8.69. The number of hydrogen-bond acceptors (Lipinski definition) is 3. The summed E-state index contributed by atoms with van der Waals surface area (Å²) in [7, 11) is 0. The number of benzene rings is 1. The smallest absolute Gasteiger partial charge is 0.166 e. The zero-order valence-corrected chi connectivity index (χ0v) is 15.4. The van der Waals surface area contributed by atoms with Gasteiger partial charge in [0.2, 0.25) is 0 Å². The average Bonchev–Trinajstić information content (AvgIpc) is 2.44. The lowest BCUT2D eigenvalue weighted by atomic mass is 9.86. The summed E-state index contributed by atoms with van der Waals surface area (Å²) in [6.45, 7) is 15.4. The Morgan fingerprint density at radius 1 is 1.17 bits per heavy atom. The van der Waals surface area contributed by atoms with Crippen LogP contribution in [0.1, 0.15) is 57.5 Å². The van der Waals surface area contributed by atoms with Crippen molar-refractivity contribution in [1.82, 2.24) is 4.90 Å². The van der Waals surface area contributed by atoms with Crippen LogP contribution < -0.4 is 0 Å². The van der Waals surface area contributed by atoms with Gasteiger partial charge in [-0.15, -0.1) is 0 Å². The maximum absolute atomic E-state index is 12.7. The molecule has 0 aromatic heterocycles. The van der Waals surface area contributed by atoms with Gasteiger partial charge in [0.1, 0.15) is 0 Å². The Bertz CT molecular complexity index is 520. The van der Waals surface area contributed by atoms with Crippen LogP contribution in [-0.2, 0) is 10.2 Å². The van der Waals surface area contributed by atoms with E-state index >= 15 is 0 Å². The Balaban J connectivity index is 1.99. The molecule has 3 atom stereocenters. The zero-order valence-electron chi connectivity index (χ0n) is 15.4. The van der Waals surface area contributed by atoms with Crippen molar-refractivity contribution in [3.8, 4) is 0 Å². The van der Waals surface area contributed by atoms with Gasteiger partial charge in [-0.05, 0) is 24.8 Å². The Hall–Kier alpha value is -1.19. The van der Waals surface area contributed by atoms with Crippen molar-refractivity contribution in [2.45, 2.75) is 59.2 Å². The standard InChI is InChI=1S/C20H31NO2/c1-14(11-21-12-15(2)23-16(3)13-21)19(22)17-7-9-18(10-8-17)20(4,5)6/h7-10,14-16H,11-13H2,1-6H3/t14-,15-,16+/m1/s1. The number of rotatable bonds is 4. The van der Waals surface area contributed by atoms with Crippen molar-refractivity contribution in [1.29, 1.82) is 0 Å². The largest absolute Gasteiger partial charge is 0.373 e. The number of ketones is 1. The number of hydrogen-bond donors (Lipinski definition) is 0. The highest BCUT2D eigenvalue weighted by Gasteiger charge is 2.26. The topological polar surface area (TPSA) is 29.5 Å². The summed E-state index contributed by atoms with van der Waals surface area (Å²) >= 11 is 0. The Morgan fingerprint density at radius 2 is 1.70 bits per heavy atom. The van der Waals surface area contributed by atoms with Gasteiger partial charge in [0.05, 0.1) is 12.2 Å². The molecule has 1 fully saturated rings. The first-order valence-electron chi connectivity index (χ1n) is 8.69. The Kier molecular flexibility index (Phi) is 5.64. The van der Waals surface area contributed by atoms with Gasteiger partial charge in [0.25, 0.3) is 0 Å². The molecule has 0 radical (unpaired) electrons. The van der Waals surface area contributed by atoms with E-state index in [4.69, 9.17) is 4.74 Å². The summed E-state index contributed by atoms with van der Waals surface area (Å²) in [6, 6.07) is 8.12. The van der Waals surface area contributed by atoms with Crippen LogP contribution in [0.4, 0.5) is 0 Å². The highest BCUT2D eigenvalue weighted by Crippen LogP contribution is 2.23. The number of morpholine rings is 1. The molecular formula is C20H31NO2. The SMILES string of the molecule is C[C@@H]1CN(C[C@@H](C)C(=O)c2ccc(C(C)(C)C)cc2)C[C@H](C)O1. The average molecular weight is 317 g/mol. The highest BCUT2D eigenvalue weighted by atomic mass is 16.5. The summed E-state index contributed by atoms with van der Waals surface area (Å²) in [5.74, 6) is 0.241. The van der Waals surface area contributed by atoms with Crippen molar-refractivity contribution in [2.24, 2.45) is 5.92 Å². The molecule has 3 heteroatoms. The van der Waals surface area contributed by atoms with E-state index in [1.54, 1.807) is 0 Å². The quantitative estimate of drug-likeness (QED) is 0.789. The fourth-order valence-electron chi connectivity index (χ4n) is 3.32. The van der Waals surface area contributed by atoms with Gasteiger partial charge in [-0.3, -0.25) is 9.69 Å². The predicted octanol–water partition coefficient (Wildman–Crippen LogP) is 3.91. The normalized spacial score (nSPS) is 24.4. The van der Waals surface area contributed by atoms with E-state index < -0.39 is 0 Å². The monoisotopic (exact) mass is 317 g/mol. The van der Waals surface area contributed by atoms with Crippen LogP contribution in [0.5, 0.6) is 0 Å². The van der Waals surface area contributed by atoms with Gasteiger partial charge >= 0.3 is 0 Å². The first kappa shape index (κ1) is 18.2. The van der Waals surface area contributed by atoms with Crippen LogP contribution in [-0.4, -0.2) is 42.5 Å². The second kappa shape index (κ2) is 7.14. The maximum Gasteiger partial charge on any atom is 0.166 e. The molecule has 0 amide bonds. The fourth-order valence-corrected chi connectivity index (χ4v) is 3.32. The minimum absolute atomic E-state index is 0.00740. The molecule has 3 nitrogen and oxygen atoms in total. The van der Waals surface area contributed by atoms with Gasteiger partial charge in [-0.2, -0.15) is 0 Å². The van der Waals surface area contributed by atoms with Gasteiger partial charge in [0, 0.05) is 31.1 Å². The molecule has 0 unspecified atom stereocenters. The van der Waals surface area contributed by atoms with Crippen molar-refractivity contribution in [3.63, 3.8) is 0 Å². The minimum atomic E-state index is 0.00740. The second-order valence-corrected chi connectivity index (χ2v) is 8.07. The summed E-state index contributed by atoms with van der Waals surface area (Å²) in [6.07, 6.45) is 0.485. The second-order valence-electron chi connectivity index (χ2n) is 8.07. The molecule has 1 heterocycles. The number of Topliss-reactive ketones (excluding diaryl/α,β-unsaturated/α-hetero) is 1. The molecule has 128 valence electrons. The first-order chi connectivity index (χ1) is 10.7. The Labute approximate surface area is 141 Å². The third kappa shape index (κ3) is 4.89. The van der Waals surface area contributed by atoms with Crippen molar-refractivity contribution < 1.29 is 9.53 Å². The molecule has 0 aliphatic carbocycles. The van der Waals surface area contributed by atoms with Crippen molar-refractivity contribution in [3.05, 3.63) is 35.4 Å². The lowest BCUT2D eigenvalue weighted by Crippen LogP contribution is -2.47. The molecule has 0 spiro atoms. The van der Waals surface area contributed by atoms with Gasteiger partial charge < -0.3 is 4.74 Å². The van der Waals surface area contributed by atoms with Crippen LogP contribution in [0.15, 0.2) is 24.3 Å². The molecule has 2 rings (SSSR count). The number of nitrogens with zero attached hydrogens (tertiary/aromatic N) is 1. The Morgan fingerprint density at radius 3 is 2.17 bits per heavy atom. The van der Waals surface area contributed by atoms with E-state index in [0.717, 1.165) is 25.2 Å². The molecule has 0 bridgehead atoms. The number of carbonyl (C=O) groups excluding carboxylic acids is 1. The van der Waals surface area contributed by atoms with E-state index in [0.29, 0.717) is 0 Å². The van der Waals surface area contributed by atoms with Crippen LogP contribution in [0, 0.1) is 5.92 Å². The van der Waals surface area contributed by atoms with Crippen LogP contribution in [0.3, 0.4) is 0 Å². The van der Waals surface area contributed by atoms with E-state index in [2.05, 4.69) is 51.7 Å². The summed E-state index contributed by atoms with van der Waals surface area (Å²) in [5.41, 5.74) is 2.20. The summed E-state index contributed by atoms with van der Waals surface area (Å²) in [4.78, 5) is 15.0. The molecular weight excluding hydrogens is 286 g/mol. The van der Waals surface area contributed by atoms with E-state index in [1.165, 1.54) is 5.56 Å². The van der Waals surface area contributed by atoms with Crippen molar-refractivity contribution >= 4 is 5.78 Å². The molecule has 0 N–H and O–H groups in total. The molecule has 0 saturated carbocycles. The number of ether oxygens (including phenoxy) is 1. The lowest BCUT2D eigenvalue weighted by Gasteiger charge is -2.36. The predicted molar refractivity (Wildman–Crippen MR) is 95.1 cm³/mol. The van der Waals surface area contributed by atoms with E-state index in [9.17, 15) is 4.79 Å². The minimum Gasteiger partial charge on any atom is -0.373 e. The molecule has 23 heavy (non-hydrogen) atoms. The summed E-state index contributed by atoms with van der Waals surface area (Å²) < 4.78 is 5.76. The third-order valence-corrected chi connectivity index (χ3v) is 4.51. The molecule has 1 aromatic rings. The van der Waals surface area contributed by atoms with Crippen LogP contribution in [0.2, 0.25) is 0 Å². The fraction of sp³-hybridized carbons (Fsp3) is 0.650. The van der Waals surface area contributed by atoms with E-state index in [1.807, 2.05) is 19.1 Å². The number of carbonyl (C=O) groups is 1. The van der Waals surface area contributed by atoms with Gasteiger partial charge in [-0.1, -0.05) is 52.0 Å². The molecule has 1 aromatic carbocycles. The maximum atomic E-state index is 12.7. The van der Waals surface area contributed by atoms with Crippen LogP contribution in [0.25, 0.3) is 0 Å².